The minimum absolute atomic E-state index is 0.142. The first-order valence-electron chi connectivity index (χ1n) is 6.20. The van der Waals surface area contributed by atoms with Crippen molar-refractivity contribution in [1.82, 2.24) is 9.97 Å². The molecule has 0 amide bonds. The van der Waals surface area contributed by atoms with E-state index in [1.807, 2.05) is 18.0 Å². The lowest BCUT2D eigenvalue weighted by molar-refractivity contribution is 0.554. The number of nitrogens with two attached hydrogens (primary N) is 1. The number of hydrogen-bond acceptors (Lipinski definition) is 4. The second-order valence-corrected chi connectivity index (χ2v) is 7.39. The van der Waals surface area contributed by atoms with Gasteiger partial charge in [0.2, 0.25) is 0 Å². The van der Waals surface area contributed by atoms with Crippen molar-refractivity contribution in [1.29, 1.82) is 0 Å². The Kier molecular flexibility index (Phi) is 3.73. The number of aromatic nitrogens is 2. The van der Waals surface area contributed by atoms with E-state index in [4.69, 9.17) is 5.73 Å². The molecule has 0 fully saturated rings. The summed E-state index contributed by atoms with van der Waals surface area (Å²) in [6.45, 7) is 6.64. The average Bonchev–Trinajstić information content (AvgIpc) is 2.26. The van der Waals surface area contributed by atoms with E-state index in [9.17, 15) is 0 Å². The van der Waals surface area contributed by atoms with Crippen LogP contribution in [0.25, 0.3) is 0 Å². The fourth-order valence-corrected chi connectivity index (χ4v) is 2.67. The van der Waals surface area contributed by atoms with Crippen molar-refractivity contribution in [3.8, 4) is 0 Å². The minimum atomic E-state index is 0.142. The quantitative estimate of drug-likeness (QED) is 0.878. The van der Waals surface area contributed by atoms with Crippen LogP contribution in [0.2, 0.25) is 0 Å². The van der Waals surface area contributed by atoms with Crippen LogP contribution in [0.4, 0.5) is 0 Å². The summed E-state index contributed by atoms with van der Waals surface area (Å²) in [6, 6.07) is 0.142. The molecule has 0 bridgehead atoms. The van der Waals surface area contributed by atoms with Gasteiger partial charge < -0.3 is 5.73 Å². The van der Waals surface area contributed by atoms with Crippen LogP contribution < -0.4 is 5.73 Å². The molecule has 4 heteroatoms. The van der Waals surface area contributed by atoms with E-state index in [0.717, 1.165) is 36.4 Å². The summed E-state index contributed by atoms with van der Waals surface area (Å²) in [6.07, 6.45) is 5.20. The molecule has 0 aliphatic heterocycles. The number of nitrogens with zero attached hydrogens (tertiary/aromatic N) is 2. The predicted molar refractivity (Wildman–Crippen MR) is 72.9 cm³/mol. The molecule has 0 radical (unpaired) electrons. The highest BCUT2D eigenvalue weighted by Crippen LogP contribution is 2.29. The van der Waals surface area contributed by atoms with Gasteiger partial charge in [-0.25, -0.2) is 9.97 Å². The molecule has 0 saturated heterocycles. The molecule has 1 atom stereocenters. The molecule has 0 saturated carbocycles. The predicted octanol–water partition coefficient (Wildman–Crippen LogP) is 2.84. The van der Waals surface area contributed by atoms with Crippen molar-refractivity contribution in [2.24, 2.45) is 5.73 Å². The zero-order valence-corrected chi connectivity index (χ0v) is 11.7. The van der Waals surface area contributed by atoms with Gasteiger partial charge in [0.1, 0.15) is 5.82 Å². The van der Waals surface area contributed by atoms with Crippen molar-refractivity contribution in [2.75, 3.05) is 0 Å². The molecule has 94 valence electrons. The SMILES string of the molecule is CC(C)(C)SCc1ncc2c(n1)CCCC2N. The van der Waals surface area contributed by atoms with Crippen molar-refractivity contribution in [3.05, 3.63) is 23.3 Å². The molecule has 17 heavy (non-hydrogen) atoms. The Hall–Kier alpha value is -0.610. The highest BCUT2D eigenvalue weighted by atomic mass is 32.2. The lowest BCUT2D eigenvalue weighted by atomic mass is 9.93. The Morgan fingerprint density at radius 1 is 1.47 bits per heavy atom. The fourth-order valence-electron chi connectivity index (χ4n) is 1.97. The molecule has 1 unspecified atom stereocenters. The monoisotopic (exact) mass is 251 g/mol. The summed E-state index contributed by atoms with van der Waals surface area (Å²) < 4.78 is 0.260. The summed E-state index contributed by atoms with van der Waals surface area (Å²) >= 11 is 1.88. The molecule has 1 aromatic rings. The average molecular weight is 251 g/mol. The van der Waals surface area contributed by atoms with Crippen LogP contribution in [-0.2, 0) is 12.2 Å². The van der Waals surface area contributed by atoms with Crippen molar-refractivity contribution >= 4 is 11.8 Å². The van der Waals surface area contributed by atoms with E-state index in [0.29, 0.717) is 0 Å². The van der Waals surface area contributed by atoms with Gasteiger partial charge in [0.05, 0.1) is 5.75 Å². The highest BCUT2D eigenvalue weighted by molar-refractivity contribution is 7.99. The van der Waals surface area contributed by atoms with Gasteiger partial charge in [-0.3, -0.25) is 0 Å². The number of hydrogen-bond donors (Lipinski definition) is 1. The lowest BCUT2D eigenvalue weighted by Gasteiger charge is -2.22. The minimum Gasteiger partial charge on any atom is -0.324 e. The van der Waals surface area contributed by atoms with E-state index in [1.165, 1.54) is 5.69 Å². The van der Waals surface area contributed by atoms with Crippen LogP contribution in [0.1, 0.15) is 56.7 Å². The van der Waals surface area contributed by atoms with E-state index < -0.39 is 0 Å². The highest BCUT2D eigenvalue weighted by Gasteiger charge is 2.19. The standard InChI is InChI=1S/C13H21N3S/c1-13(2,3)17-8-12-15-7-9-10(14)5-4-6-11(9)16-12/h7,10H,4-6,8,14H2,1-3H3. The summed E-state index contributed by atoms with van der Waals surface area (Å²) in [5.74, 6) is 1.82. The molecule has 0 aromatic carbocycles. The molecular weight excluding hydrogens is 230 g/mol. The molecule has 3 nitrogen and oxygen atoms in total. The van der Waals surface area contributed by atoms with Crippen LogP contribution >= 0.6 is 11.8 Å². The molecule has 2 rings (SSSR count). The largest absolute Gasteiger partial charge is 0.324 e. The Morgan fingerprint density at radius 3 is 2.94 bits per heavy atom. The maximum Gasteiger partial charge on any atom is 0.138 e. The van der Waals surface area contributed by atoms with Gasteiger partial charge >= 0.3 is 0 Å². The van der Waals surface area contributed by atoms with Crippen molar-refractivity contribution in [2.45, 2.75) is 56.6 Å². The lowest BCUT2D eigenvalue weighted by Crippen LogP contribution is -2.20. The van der Waals surface area contributed by atoms with Crippen LogP contribution in [0.5, 0.6) is 0 Å². The Balaban J connectivity index is 2.11. The van der Waals surface area contributed by atoms with E-state index in [-0.39, 0.29) is 10.8 Å². The summed E-state index contributed by atoms with van der Waals surface area (Å²) in [4.78, 5) is 9.09. The Bertz CT molecular complexity index is 398. The first-order valence-corrected chi connectivity index (χ1v) is 7.18. The zero-order chi connectivity index (χ0) is 12.5. The Labute approximate surface area is 108 Å². The summed E-state index contributed by atoms with van der Waals surface area (Å²) in [5, 5.41) is 0. The van der Waals surface area contributed by atoms with Gasteiger partial charge in [0.15, 0.2) is 0 Å². The smallest absolute Gasteiger partial charge is 0.138 e. The van der Waals surface area contributed by atoms with Gasteiger partial charge in [-0.05, 0) is 19.3 Å². The first-order chi connectivity index (χ1) is 7.96. The fraction of sp³-hybridized carbons (Fsp3) is 0.692. The number of aryl methyl sites for hydroxylation is 1. The molecule has 0 spiro atoms. The zero-order valence-electron chi connectivity index (χ0n) is 10.9. The van der Waals surface area contributed by atoms with Crippen LogP contribution in [0, 0.1) is 0 Å². The van der Waals surface area contributed by atoms with Gasteiger partial charge in [-0.15, -0.1) is 11.8 Å². The second kappa shape index (κ2) is 4.94. The number of fused-ring (bicyclic) bond motifs is 1. The normalized spacial score (nSPS) is 20.1. The number of rotatable bonds is 2. The van der Waals surface area contributed by atoms with Crippen molar-refractivity contribution in [3.63, 3.8) is 0 Å². The maximum absolute atomic E-state index is 6.05. The second-order valence-electron chi connectivity index (χ2n) is 5.59. The molecule has 2 N–H and O–H groups in total. The summed E-state index contributed by atoms with van der Waals surface area (Å²) in [7, 11) is 0. The summed E-state index contributed by atoms with van der Waals surface area (Å²) in [5.41, 5.74) is 8.38. The molecule has 1 aliphatic rings. The van der Waals surface area contributed by atoms with Crippen LogP contribution in [0.15, 0.2) is 6.20 Å². The van der Waals surface area contributed by atoms with Crippen LogP contribution in [0.3, 0.4) is 0 Å². The van der Waals surface area contributed by atoms with Crippen molar-refractivity contribution < 1.29 is 0 Å². The van der Waals surface area contributed by atoms with Gasteiger partial charge in [0, 0.05) is 28.2 Å². The topological polar surface area (TPSA) is 51.8 Å². The maximum atomic E-state index is 6.05. The first kappa shape index (κ1) is 12.8. The number of thioether (sulfide) groups is 1. The third kappa shape index (κ3) is 3.42. The van der Waals surface area contributed by atoms with Gasteiger partial charge in [0.25, 0.3) is 0 Å². The molecule has 1 aromatic heterocycles. The molecule has 1 heterocycles. The Morgan fingerprint density at radius 2 is 2.24 bits per heavy atom. The van der Waals surface area contributed by atoms with E-state index in [1.54, 1.807) is 0 Å². The third-order valence-electron chi connectivity index (χ3n) is 2.91. The van der Waals surface area contributed by atoms with Gasteiger partial charge in [-0.1, -0.05) is 20.8 Å². The van der Waals surface area contributed by atoms with Crippen LogP contribution in [-0.4, -0.2) is 14.7 Å². The van der Waals surface area contributed by atoms with E-state index in [2.05, 4.69) is 30.7 Å². The molecular formula is C13H21N3S. The van der Waals surface area contributed by atoms with E-state index >= 15 is 0 Å². The van der Waals surface area contributed by atoms with Gasteiger partial charge in [-0.2, -0.15) is 0 Å². The third-order valence-corrected chi connectivity index (χ3v) is 4.18. The molecule has 1 aliphatic carbocycles.